The average molecular weight is 495 g/mol. The predicted octanol–water partition coefficient (Wildman–Crippen LogP) is 9.49. The van der Waals surface area contributed by atoms with Crippen LogP contribution in [-0.2, 0) is 0 Å². The van der Waals surface area contributed by atoms with E-state index < -0.39 is 0 Å². The van der Waals surface area contributed by atoms with Gasteiger partial charge >= 0.3 is 0 Å². The van der Waals surface area contributed by atoms with Crippen LogP contribution >= 0.6 is 15.9 Å². The summed E-state index contributed by atoms with van der Waals surface area (Å²) >= 11 is 3.35. The van der Waals surface area contributed by atoms with Gasteiger partial charge in [0, 0.05) is 21.5 Å². The van der Waals surface area contributed by atoms with Gasteiger partial charge in [0.1, 0.15) is 0 Å². The Hall–Kier alpha value is -3.04. The smallest absolute Gasteiger partial charge is 0.0384 e. The molecule has 3 N–H and O–H groups in total. The molecule has 2 nitrogen and oxygen atoms in total. The first-order chi connectivity index (χ1) is 14.0. The van der Waals surface area contributed by atoms with Gasteiger partial charge in [-0.3, -0.25) is 0 Å². The summed E-state index contributed by atoms with van der Waals surface area (Å²) in [5.74, 6) is 0. The van der Waals surface area contributed by atoms with Crippen LogP contribution in [0.2, 0.25) is 0 Å². The van der Waals surface area contributed by atoms with E-state index in [1.165, 1.54) is 11.1 Å². The van der Waals surface area contributed by atoms with E-state index in [0.29, 0.717) is 0 Å². The number of aryl methyl sites for hydroxylation is 2. The van der Waals surface area contributed by atoms with E-state index in [0.717, 1.165) is 21.5 Å². The molecule has 0 bridgehead atoms. The Morgan fingerprint density at radius 1 is 0.562 bits per heavy atom. The molecule has 0 aliphatic heterocycles. The Morgan fingerprint density at radius 2 is 0.938 bits per heavy atom. The minimum atomic E-state index is 0. The van der Waals surface area contributed by atoms with Crippen molar-refractivity contribution in [3.63, 3.8) is 0 Å². The molecule has 0 aromatic heterocycles. The van der Waals surface area contributed by atoms with Gasteiger partial charge in [0.15, 0.2) is 0 Å². The Labute approximate surface area is 204 Å². The lowest BCUT2D eigenvalue weighted by molar-refractivity contribution is 1.45. The lowest BCUT2D eigenvalue weighted by Gasteiger charge is -2.05. The Bertz CT molecular complexity index is 915. The van der Waals surface area contributed by atoms with E-state index in [1.54, 1.807) is 0 Å². The summed E-state index contributed by atoms with van der Waals surface area (Å²) in [6.45, 7) is 4.17. The minimum Gasteiger partial charge on any atom is -0.399 e. The highest BCUT2D eigenvalue weighted by atomic mass is 79.9. The summed E-state index contributed by atoms with van der Waals surface area (Å²) in [7, 11) is 0. The number of benzene rings is 4. The third-order valence-electron chi connectivity index (χ3n) is 3.92. The maximum Gasteiger partial charge on any atom is 0.0384 e. The van der Waals surface area contributed by atoms with E-state index in [2.05, 4.69) is 83.6 Å². The summed E-state index contributed by atoms with van der Waals surface area (Å²) in [5.41, 5.74) is 11.0. The molecule has 172 valence electrons. The van der Waals surface area contributed by atoms with Crippen molar-refractivity contribution >= 4 is 33.0 Å². The number of nitrogens with one attached hydrogen (secondary N) is 1. The third kappa shape index (κ3) is 13.3. The monoisotopic (exact) mass is 493 g/mol. The molecule has 0 amide bonds. The molecule has 0 unspecified atom stereocenters. The molecule has 0 atom stereocenters. The van der Waals surface area contributed by atoms with E-state index in [1.807, 2.05) is 60.7 Å². The summed E-state index contributed by atoms with van der Waals surface area (Å²) in [4.78, 5) is 0. The predicted molar refractivity (Wildman–Crippen MR) is 151 cm³/mol. The van der Waals surface area contributed by atoms with Crippen LogP contribution in [-0.4, -0.2) is 0 Å². The first kappa shape index (κ1) is 31.1. The van der Waals surface area contributed by atoms with Crippen molar-refractivity contribution < 1.29 is 0 Å². The quantitative estimate of drug-likeness (QED) is 0.215. The van der Waals surface area contributed by atoms with Crippen LogP contribution in [0, 0.1) is 21.3 Å². The number of hydrogen-bond donors (Lipinski definition) is 2. The molecule has 0 radical (unpaired) electrons. The Morgan fingerprint density at radius 3 is 1.31 bits per heavy atom. The fourth-order valence-electron chi connectivity index (χ4n) is 2.31. The summed E-state index contributed by atoms with van der Waals surface area (Å²) in [6, 6.07) is 36.3. The summed E-state index contributed by atoms with van der Waals surface area (Å²) in [5, 5.41) is 3.33. The first-order valence-corrected chi connectivity index (χ1v) is 10.2. The zero-order valence-electron chi connectivity index (χ0n) is 17.8. The second-order valence-electron chi connectivity index (χ2n) is 6.56. The number of hydrogen-bond acceptors (Lipinski definition) is 2. The van der Waals surface area contributed by atoms with Gasteiger partial charge in [-0.2, -0.15) is 0 Å². The third-order valence-corrected chi connectivity index (χ3v) is 4.45. The molecule has 0 aliphatic carbocycles. The highest BCUT2D eigenvalue weighted by Gasteiger charge is 1.92. The normalized spacial score (nSPS) is 8.47. The maximum absolute atomic E-state index is 5.36. The molecular weight excluding hydrogens is 456 g/mol. The van der Waals surface area contributed by atoms with Crippen molar-refractivity contribution in [2.24, 2.45) is 0 Å². The van der Waals surface area contributed by atoms with Crippen LogP contribution in [0.3, 0.4) is 0 Å². The number of nitrogen functional groups attached to an aromatic ring is 1. The topological polar surface area (TPSA) is 38.0 Å². The molecule has 0 saturated heterocycles. The summed E-state index contributed by atoms with van der Waals surface area (Å²) in [6.07, 6.45) is 0. The number of para-hydroxylation sites is 2. The van der Waals surface area contributed by atoms with Crippen molar-refractivity contribution in [3.05, 3.63) is 132 Å². The average Bonchev–Trinajstić information content (AvgIpc) is 2.74. The minimum absolute atomic E-state index is 0. The fourth-order valence-corrected chi connectivity index (χ4v) is 2.58. The van der Waals surface area contributed by atoms with Crippen molar-refractivity contribution in [2.45, 2.75) is 28.7 Å². The van der Waals surface area contributed by atoms with Crippen molar-refractivity contribution in [3.8, 4) is 0 Å². The number of nitrogens with two attached hydrogens (primary N) is 1. The summed E-state index contributed by atoms with van der Waals surface area (Å²) < 4.78 is 1.14. The van der Waals surface area contributed by atoms with Gasteiger partial charge in [0.25, 0.3) is 0 Å². The molecule has 0 spiro atoms. The molecule has 4 rings (SSSR count). The van der Waals surface area contributed by atoms with E-state index in [9.17, 15) is 0 Å². The fraction of sp³-hybridized carbons (Fsp3) is 0.138. The van der Waals surface area contributed by atoms with Gasteiger partial charge in [-0.05, 0) is 62.4 Å². The zero-order valence-corrected chi connectivity index (χ0v) is 19.4. The molecule has 0 saturated carbocycles. The zero-order chi connectivity index (χ0) is 20.9. The Balaban J connectivity index is 0. The molecule has 0 heterocycles. The number of halogens is 1. The van der Waals surface area contributed by atoms with E-state index in [-0.39, 0.29) is 22.3 Å². The lowest BCUT2D eigenvalue weighted by Crippen LogP contribution is -1.88. The van der Waals surface area contributed by atoms with Crippen LogP contribution in [0.15, 0.2) is 114 Å². The molecule has 0 fully saturated rings. The van der Waals surface area contributed by atoms with E-state index >= 15 is 0 Å². The maximum atomic E-state index is 5.36. The van der Waals surface area contributed by atoms with Crippen LogP contribution < -0.4 is 11.1 Å². The van der Waals surface area contributed by atoms with Gasteiger partial charge < -0.3 is 18.5 Å². The van der Waals surface area contributed by atoms with Crippen LogP contribution in [0.4, 0.5) is 17.1 Å². The van der Waals surface area contributed by atoms with Gasteiger partial charge in [-0.1, -0.05) is 103 Å². The second kappa shape index (κ2) is 17.6. The Kier molecular flexibility index (Phi) is 17.2. The molecule has 32 heavy (non-hydrogen) atoms. The van der Waals surface area contributed by atoms with Crippen molar-refractivity contribution in [2.75, 3.05) is 11.1 Å². The number of anilines is 3. The van der Waals surface area contributed by atoms with Crippen molar-refractivity contribution in [1.82, 2.24) is 0 Å². The van der Waals surface area contributed by atoms with Crippen LogP contribution in [0.5, 0.6) is 0 Å². The highest BCUT2D eigenvalue weighted by molar-refractivity contribution is 9.10. The largest absolute Gasteiger partial charge is 0.399 e. The SMILES string of the molecule is C.C.Cc1ccc(Br)cc1.Cc1ccc(Nc2ccccc2)cc1.Nc1ccccc1.[CH3-]. The molecule has 0 aliphatic rings. The lowest BCUT2D eigenvalue weighted by atomic mass is 10.2. The number of rotatable bonds is 2. The highest BCUT2D eigenvalue weighted by Crippen LogP contribution is 2.16. The van der Waals surface area contributed by atoms with E-state index in [4.69, 9.17) is 5.73 Å². The first-order valence-electron chi connectivity index (χ1n) is 9.44. The van der Waals surface area contributed by atoms with Gasteiger partial charge in [-0.15, -0.1) is 0 Å². The van der Waals surface area contributed by atoms with Gasteiger partial charge in [0.2, 0.25) is 0 Å². The molecule has 4 aromatic carbocycles. The molecule has 3 heteroatoms. The van der Waals surface area contributed by atoms with Gasteiger partial charge in [-0.25, -0.2) is 0 Å². The van der Waals surface area contributed by atoms with Crippen molar-refractivity contribution in [1.29, 1.82) is 0 Å². The molecule has 4 aromatic rings. The second-order valence-corrected chi connectivity index (χ2v) is 7.48. The van der Waals surface area contributed by atoms with Crippen LogP contribution in [0.25, 0.3) is 0 Å². The van der Waals surface area contributed by atoms with Gasteiger partial charge in [0.05, 0.1) is 0 Å². The van der Waals surface area contributed by atoms with Crippen LogP contribution in [0.1, 0.15) is 26.0 Å². The standard InChI is InChI=1S/C13H13N.C7H7Br.C6H7N.2CH4.CH3/c1-11-7-9-13(10-8-11)14-12-5-3-2-4-6-12;1-6-2-4-7(8)5-3-6;7-6-4-2-1-3-5-6;;;/h2-10,14H,1H3;2-5H,1H3;1-5H,7H2;2*1H4;1H3/q;;;;;-1. The molecular formula is C29H38BrN2-.